The van der Waals surface area contributed by atoms with Crippen LogP contribution in [0.1, 0.15) is 17.5 Å². The number of nitrogens with zero attached hydrogens (tertiary/aromatic N) is 1. The van der Waals surface area contributed by atoms with Crippen molar-refractivity contribution in [1.82, 2.24) is 9.97 Å². The van der Waals surface area contributed by atoms with Crippen molar-refractivity contribution in [2.45, 2.75) is 31.4 Å². The van der Waals surface area contributed by atoms with E-state index in [-0.39, 0.29) is 16.9 Å². The van der Waals surface area contributed by atoms with E-state index in [1.807, 2.05) is 0 Å². The molecule has 3 N–H and O–H groups in total. The number of ether oxygens (including phenoxy) is 1. The molecule has 0 amide bonds. The average Bonchev–Trinajstić information content (AvgIpc) is 2.60. The number of aromatic nitrogens is 2. The van der Waals surface area contributed by atoms with Gasteiger partial charge in [0.1, 0.15) is 24.0 Å². The maximum Gasteiger partial charge on any atom is 0.269 e. The topological polar surface area (TPSA) is 95.4 Å². The number of halogens is 1. The molecule has 2 heterocycles. The number of aryl methyl sites for hydroxylation is 1. The molecule has 0 aliphatic carbocycles. The first-order valence-electron chi connectivity index (χ1n) is 5.19. The first kappa shape index (κ1) is 12.2. The lowest BCUT2D eigenvalue weighted by molar-refractivity contribution is -0.0238. The van der Waals surface area contributed by atoms with E-state index >= 15 is 0 Å². The molecule has 0 radical (unpaired) electrons. The molecule has 1 aromatic rings. The number of hydrogen-bond donors (Lipinski definition) is 3. The Kier molecular flexibility index (Phi) is 3.23. The fourth-order valence-corrected chi connectivity index (χ4v) is 1.78. The minimum atomic E-state index is -1.68. The maximum absolute atomic E-state index is 13.7. The fourth-order valence-electron chi connectivity index (χ4n) is 1.78. The van der Waals surface area contributed by atoms with E-state index in [0.717, 1.165) is 0 Å². The second kappa shape index (κ2) is 4.52. The van der Waals surface area contributed by atoms with Crippen molar-refractivity contribution in [3.05, 3.63) is 27.9 Å². The van der Waals surface area contributed by atoms with Gasteiger partial charge in [-0.3, -0.25) is 4.79 Å². The summed E-state index contributed by atoms with van der Waals surface area (Å²) in [4.78, 5) is 17.4. The van der Waals surface area contributed by atoms with Crippen LogP contribution in [-0.4, -0.2) is 45.2 Å². The molecule has 4 atom stereocenters. The molecule has 94 valence electrons. The van der Waals surface area contributed by atoms with E-state index in [0.29, 0.717) is 0 Å². The second-order valence-corrected chi connectivity index (χ2v) is 3.95. The van der Waals surface area contributed by atoms with Gasteiger partial charge in [-0.15, -0.1) is 0 Å². The second-order valence-electron chi connectivity index (χ2n) is 3.95. The monoisotopic (exact) mass is 244 g/mol. The zero-order chi connectivity index (χ0) is 12.6. The first-order valence-corrected chi connectivity index (χ1v) is 5.19. The lowest BCUT2D eigenvalue weighted by Gasteiger charge is -2.12. The Labute approximate surface area is 96.1 Å². The van der Waals surface area contributed by atoms with Crippen LogP contribution in [-0.2, 0) is 4.74 Å². The molecule has 7 heteroatoms. The van der Waals surface area contributed by atoms with Crippen LogP contribution in [0, 0.1) is 6.92 Å². The summed E-state index contributed by atoms with van der Waals surface area (Å²) in [6.45, 7) is 1.02. The average molecular weight is 244 g/mol. The number of hydrogen-bond acceptors (Lipinski definition) is 5. The van der Waals surface area contributed by atoms with E-state index in [9.17, 15) is 14.3 Å². The van der Waals surface area contributed by atoms with Crippen LogP contribution in [0.5, 0.6) is 0 Å². The van der Waals surface area contributed by atoms with Crippen LogP contribution in [0.25, 0.3) is 0 Å². The molecule has 17 heavy (non-hydrogen) atoms. The Hall–Kier alpha value is -1.31. The number of aliphatic hydroxyl groups is 2. The van der Waals surface area contributed by atoms with Gasteiger partial charge in [0.05, 0.1) is 12.3 Å². The fraction of sp³-hybridized carbons (Fsp3) is 0.600. The van der Waals surface area contributed by atoms with Gasteiger partial charge in [-0.2, -0.15) is 0 Å². The van der Waals surface area contributed by atoms with Crippen molar-refractivity contribution in [2.75, 3.05) is 6.61 Å². The molecule has 1 aromatic heterocycles. The summed E-state index contributed by atoms with van der Waals surface area (Å²) < 4.78 is 18.9. The van der Waals surface area contributed by atoms with Gasteiger partial charge in [0.2, 0.25) is 0 Å². The SMILES string of the molecule is Cc1nc(C2OC(CO)C(O)C2F)c[nH]c1=O. The van der Waals surface area contributed by atoms with Gasteiger partial charge >= 0.3 is 0 Å². The van der Waals surface area contributed by atoms with Crippen molar-refractivity contribution in [3.8, 4) is 0 Å². The van der Waals surface area contributed by atoms with E-state index < -0.39 is 31.1 Å². The summed E-state index contributed by atoms with van der Waals surface area (Å²) >= 11 is 0. The van der Waals surface area contributed by atoms with Gasteiger partial charge in [0, 0.05) is 6.20 Å². The van der Waals surface area contributed by atoms with Gasteiger partial charge < -0.3 is 19.9 Å². The predicted molar refractivity (Wildman–Crippen MR) is 55.2 cm³/mol. The van der Waals surface area contributed by atoms with E-state index in [4.69, 9.17) is 9.84 Å². The first-order chi connectivity index (χ1) is 8.04. The quantitative estimate of drug-likeness (QED) is 0.633. The predicted octanol–water partition coefficient (Wildman–Crippen LogP) is -0.790. The molecular weight excluding hydrogens is 231 g/mol. The molecule has 0 aromatic carbocycles. The van der Waals surface area contributed by atoms with Crippen LogP contribution < -0.4 is 5.56 Å². The maximum atomic E-state index is 13.7. The van der Waals surface area contributed by atoms with E-state index in [1.165, 1.54) is 13.1 Å². The van der Waals surface area contributed by atoms with Crippen molar-refractivity contribution >= 4 is 0 Å². The summed E-state index contributed by atoms with van der Waals surface area (Å²) in [7, 11) is 0. The van der Waals surface area contributed by atoms with Crippen LogP contribution in [0.3, 0.4) is 0 Å². The molecule has 1 fully saturated rings. The van der Waals surface area contributed by atoms with Crippen LogP contribution in [0.4, 0.5) is 4.39 Å². The minimum absolute atomic E-state index is 0.195. The number of aliphatic hydroxyl groups excluding tert-OH is 2. The zero-order valence-electron chi connectivity index (χ0n) is 9.13. The van der Waals surface area contributed by atoms with Gasteiger partial charge in [-0.05, 0) is 6.92 Å². The Morgan fingerprint density at radius 1 is 1.65 bits per heavy atom. The normalized spacial score (nSPS) is 32.9. The highest BCUT2D eigenvalue weighted by molar-refractivity contribution is 5.10. The number of H-pyrrole nitrogens is 1. The highest BCUT2D eigenvalue weighted by atomic mass is 19.1. The highest BCUT2D eigenvalue weighted by Crippen LogP contribution is 2.34. The molecule has 1 saturated heterocycles. The van der Waals surface area contributed by atoms with Gasteiger partial charge in [-0.1, -0.05) is 0 Å². The summed E-state index contributed by atoms with van der Waals surface area (Å²) in [6, 6.07) is 0. The molecule has 2 rings (SSSR count). The van der Waals surface area contributed by atoms with E-state index in [1.54, 1.807) is 0 Å². The molecule has 1 aliphatic heterocycles. The van der Waals surface area contributed by atoms with Crippen LogP contribution in [0.15, 0.2) is 11.0 Å². The van der Waals surface area contributed by atoms with Crippen molar-refractivity contribution < 1.29 is 19.3 Å². The Morgan fingerprint density at radius 3 is 2.88 bits per heavy atom. The highest BCUT2D eigenvalue weighted by Gasteiger charge is 2.45. The van der Waals surface area contributed by atoms with Crippen molar-refractivity contribution in [1.29, 1.82) is 0 Å². The Bertz CT molecular complexity index is 464. The van der Waals surface area contributed by atoms with Gasteiger partial charge in [0.25, 0.3) is 5.56 Å². The molecule has 4 unspecified atom stereocenters. The lowest BCUT2D eigenvalue weighted by atomic mass is 10.1. The third-order valence-electron chi connectivity index (χ3n) is 2.77. The summed E-state index contributed by atoms with van der Waals surface area (Å²) in [6.07, 6.45) is -3.86. The third kappa shape index (κ3) is 2.08. The third-order valence-corrected chi connectivity index (χ3v) is 2.77. The molecular formula is C10H13FN2O4. The lowest BCUT2D eigenvalue weighted by Crippen LogP contribution is -2.30. The number of alkyl halides is 1. The minimum Gasteiger partial charge on any atom is -0.394 e. The zero-order valence-corrected chi connectivity index (χ0v) is 9.13. The summed E-state index contributed by atoms with van der Waals surface area (Å²) in [5.74, 6) is 0. The number of nitrogens with one attached hydrogen (secondary N) is 1. The summed E-state index contributed by atoms with van der Waals surface area (Å²) in [5, 5.41) is 18.3. The molecule has 6 nitrogen and oxygen atoms in total. The van der Waals surface area contributed by atoms with Crippen molar-refractivity contribution in [3.63, 3.8) is 0 Å². The molecule has 0 saturated carbocycles. The van der Waals surface area contributed by atoms with Gasteiger partial charge in [-0.25, -0.2) is 9.37 Å². The van der Waals surface area contributed by atoms with E-state index in [2.05, 4.69) is 9.97 Å². The molecule has 1 aliphatic rings. The summed E-state index contributed by atoms with van der Waals surface area (Å²) in [5.41, 5.74) is 0.0336. The molecule has 0 bridgehead atoms. The Morgan fingerprint density at radius 2 is 2.35 bits per heavy atom. The number of rotatable bonds is 2. The van der Waals surface area contributed by atoms with Crippen LogP contribution in [0.2, 0.25) is 0 Å². The molecule has 0 spiro atoms. The largest absolute Gasteiger partial charge is 0.394 e. The standard InChI is InChI=1S/C10H13FN2O4/c1-4-10(16)12-2-5(13-4)9-7(11)8(15)6(3-14)17-9/h2,6-9,14-15H,3H2,1H3,(H,12,16). The van der Waals surface area contributed by atoms with Crippen LogP contribution >= 0.6 is 0 Å². The Balaban J connectivity index is 2.28. The van der Waals surface area contributed by atoms with Gasteiger partial charge in [0.15, 0.2) is 6.17 Å². The smallest absolute Gasteiger partial charge is 0.269 e. The van der Waals surface area contributed by atoms with Crippen molar-refractivity contribution in [2.24, 2.45) is 0 Å². The number of aromatic amines is 1.